The predicted octanol–water partition coefficient (Wildman–Crippen LogP) is 3.21. The Hall–Kier alpha value is -1.84. The SMILES string of the molecule is CC(=O)/C=C(/C)O.OCc1ccnc(-c2[c-]cc(F)cc2)c1.[Pt]. The van der Waals surface area contributed by atoms with E-state index in [1.54, 1.807) is 24.4 Å². The average molecular weight is 497 g/mol. The van der Waals surface area contributed by atoms with Gasteiger partial charge in [-0.2, -0.15) is 0 Å². The van der Waals surface area contributed by atoms with Gasteiger partial charge in [0.1, 0.15) is 0 Å². The monoisotopic (exact) mass is 497 g/mol. The molecule has 0 amide bonds. The van der Waals surface area contributed by atoms with Gasteiger partial charge in [-0.15, -0.1) is 29.8 Å². The third-order valence-corrected chi connectivity index (χ3v) is 2.47. The van der Waals surface area contributed by atoms with Crippen molar-refractivity contribution in [3.8, 4) is 11.3 Å². The molecule has 0 aliphatic carbocycles. The molecule has 126 valence electrons. The van der Waals surface area contributed by atoms with Crippen LogP contribution in [0.2, 0.25) is 0 Å². The maximum absolute atomic E-state index is 12.7. The number of aromatic nitrogens is 1. The summed E-state index contributed by atoms with van der Waals surface area (Å²) in [6.07, 6.45) is 2.78. The van der Waals surface area contributed by atoms with Gasteiger partial charge in [0.15, 0.2) is 5.78 Å². The van der Waals surface area contributed by atoms with Crippen LogP contribution in [0.4, 0.5) is 4.39 Å². The Labute approximate surface area is 149 Å². The van der Waals surface area contributed by atoms with Crippen LogP contribution < -0.4 is 0 Å². The molecule has 0 fully saturated rings. The fraction of sp³-hybridized carbons (Fsp3) is 0.176. The molecule has 0 unspecified atom stereocenters. The third kappa shape index (κ3) is 8.38. The molecule has 2 rings (SSSR count). The van der Waals surface area contributed by atoms with Crippen molar-refractivity contribution in [2.24, 2.45) is 0 Å². The smallest absolute Gasteiger partial charge is 0.155 e. The van der Waals surface area contributed by atoms with E-state index in [4.69, 9.17) is 10.2 Å². The van der Waals surface area contributed by atoms with Crippen LogP contribution in [0.3, 0.4) is 0 Å². The normalized spacial score (nSPS) is 10.2. The number of carbonyl (C=O) groups excluding carboxylic acids is 1. The van der Waals surface area contributed by atoms with Crippen LogP contribution in [-0.4, -0.2) is 21.0 Å². The first-order valence-corrected chi connectivity index (χ1v) is 6.53. The topological polar surface area (TPSA) is 70.4 Å². The van der Waals surface area contributed by atoms with Crippen molar-refractivity contribution in [3.63, 3.8) is 0 Å². The molecule has 0 aliphatic heterocycles. The minimum atomic E-state index is -0.322. The van der Waals surface area contributed by atoms with E-state index in [1.807, 2.05) is 0 Å². The summed E-state index contributed by atoms with van der Waals surface area (Å²) in [5.74, 6) is -0.385. The van der Waals surface area contributed by atoms with Crippen LogP contribution in [0.25, 0.3) is 11.3 Å². The van der Waals surface area contributed by atoms with E-state index in [0.717, 1.165) is 5.56 Å². The molecule has 2 N–H and O–H groups in total. The molecule has 23 heavy (non-hydrogen) atoms. The Morgan fingerprint density at radius 1 is 1.35 bits per heavy atom. The second-order valence-electron chi connectivity index (χ2n) is 4.52. The van der Waals surface area contributed by atoms with E-state index in [9.17, 15) is 9.18 Å². The van der Waals surface area contributed by atoms with Crippen molar-refractivity contribution in [2.75, 3.05) is 0 Å². The summed E-state index contributed by atoms with van der Waals surface area (Å²) in [5, 5.41) is 17.3. The van der Waals surface area contributed by atoms with Crippen LogP contribution in [-0.2, 0) is 32.5 Å². The number of ketones is 1. The largest absolute Gasteiger partial charge is 0.512 e. The first kappa shape index (κ1) is 21.2. The molecule has 4 nitrogen and oxygen atoms in total. The van der Waals surface area contributed by atoms with E-state index in [2.05, 4.69) is 11.1 Å². The summed E-state index contributed by atoms with van der Waals surface area (Å²) >= 11 is 0. The number of nitrogens with zero attached hydrogens (tertiary/aromatic N) is 1. The van der Waals surface area contributed by atoms with E-state index >= 15 is 0 Å². The second-order valence-corrected chi connectivity index (χ2v) is 4.52. The summed E-state index contributed by atoms with van der Waals surface area (Å²) < 4.78 is 12.7. The Bertz CT molecular complexity index is 653. The minimum Gasteiger partial charge on any atom is -0.512 e. The Kier molecular flexibility index (Phi) is 9.95. The van der Waals surface area contributed by atoms with Crippen LogP contribution in [0, 0.1) is 11.9 Å². The molecule has 0 bridgehead atoms. The summed E-state index contributed by atoms with van der Waals surface area (Å²) in [5.41, 5.74) is 2.17. The van der Waals surface area contributed by atoms with Gasteiger partial charge in [-0.05, 0) is 31.2 Å². The molecule has 0 aliphatic rings. The summed E-state index contributed by atoms with van der Waals surface area (Å²) in [6, 6.07) is 10.5. The molecule has 1 aromatic heterocycles. The Morgan fingerprint density at radius 3 is 2.48 bits per heavy atom. The zero-order valence-electron chi connectivity index (χ0n) is 12.7. The Balaban J connectivity index is 0.000000522. The van der Waals surface area contributed by atoms with Crippen LogP contribution >= 0.6 is 0 Å². The summed E-state index contributed by atoms with van der Waals surface area (Å²) in [7, 11) is 0. The van der Waals surface area contributed by atoms with Crippen LogP contribution in [0.1, 0.15) is 19.4 Å². The number of benzene rings is 1. The van der Waals surface area contributed by atoms with Crippen molar-refractivity contribution >= 4 is 5.78 Å². The molecule has 1 aromatic carbocycles. The number of carbonyl (C=O) groups is 1. The van der Waals surface area contributed by atoms with Crippen molar-refractivity contribution in [3.05, 3.63) is 65.8 Å². The number of rotatable bonds is 3. The van der Waals surface area contributed by atoms with Gasteiger partial charge >= 0.3 is 0 Å². The zero-order valence-corrected chi connectivity index (χ0v) is 15.0. The minimum absolute atomic E-state index is 0. The van der Waals surface area contributed by atoms with Gasteiger partial charge in [0.25, 0.3) is 0 Å². The van der Waals surface area contributed by atoms with Crippen molar-refractivity contribution < 1.29 is 40.5 Å². The number of hydrogen-bond acceptors (Lipinski definition) is 4. The number of halogens is 1. The van der Waals surface area contributed by atoms with E-state index in [1.165, 1.54) is 32.1 Å². The van der Waals surface area contributed by atoms with Crippen molar-refractivity contribution in [1.29, 1.82) is 0 Å². The van der Waals surface area contributed by atoms with Gasteiger partial charge in [-0.25, -0.2) is 0 Å². The van der Waals surface area contributed by atoms with E-state index in [-0.39, 0.29) is 45.0 Å². The fourth-order valence-electron chi connectivity index (χ4n) is 1.58. The van der Waals surface area contributed by atoms with Gasteiger partial charge in [0.2, 0.25) is 0 Å². The number of hydrogen-bond donors (Lipinski definition) is 2. The van der Waals surface area contributed by atoms with Crippen molar-refractivity contribution in [2.45, 2.75) is 20.5 Å². The zero-order chi connectivity index (χ0) is 16.5. The maximum atomic E-state index is 12.7. The van der Waals surface area contributed by atoms with Crippen LogP contribution in [0.5, 0.6) is 0 Å². The van der Waals surface area contributed by atoms with Crippen LogP contribution in [0.15, 0.2) is 48.4 Å². The summed E-state index contributed by atoms with van der Waals surface area (Å²) in [4.78, 5) is 14.1. The van der Waals surface area contributed by atoms with Gasteiger partial charge < -0.3 is 15.2 Å². The predicted molar refractivity (Wildman–Crippen MR) is 81.5 cm³/mol. The molecule has 0 atom stereocenters. The molecule has 0 radical (unpaired) electrons. The van der Waals surface area contributed by atoms with Gasteiger partial charge in [0.05, 0.1) is 12.4 Å². The molecule has 0 saturated carbocycles. The Morgan fingerprint density at radius 2 is 2.04 bits per heavy atom. The molecule has 1 heterocycles. The van der Waals surface area contributed by atoms with Gasteiger partial charge in [0, 0.05) is 39.2 Å². The number of pyridine rings is 1. The maximum Gasteiger partial charge on any atom is 0.155 e. The molecular formula is C17H17FNO3Pt-. The molecular weight excluding hydrogens is 480 g/mol. The first-order valence-electron chi connectivity index (χ1n) is 6.53. The number of aliphatic hydroxyl groups is 2. The third-order valence-electron chi connectivity index (χ3n) is 2.47. The standard InChI is InChI=1S/C12H9FNO.C5H8O2.Pt/c13-11-3-1-10(2-4-11)12-7-9(8-15)5-6-14-12;1-4(6)3-5(2)7;/h1,3-7,15H,8H2;3,6H,1-2H3;/q-1;;/b;4-3-;. The van der Waals surface area contributed by atoms with Gasteiger partial charge in [-0.1, -0.05) is 6.07 Å². The van der Waals surface area contributed by atoms with E-state index < -0.39 is 0 Å². The molecule has 0 saturated heterocycles. The van der Waals surface area contributed by atoms with E-state index in [0.29, 0.717) is 11.3 Å². The fourth-order valence-corrected chi connectivity index (χ4v) is 1.58. The molecule has 0 spiro atoms. The average Bonchev–Trinajstić information content (AvgIpc) is 2.47. The number of allylic oxidation sites excluding steroid dienone is 2. The van der Waals surface area contributed by atoms with Crippen molar-refractivity contribution in [1.82, 2.24) is 4.98 Å². The first-order chi connectivity index (χ1) is 10.4. The molecule has 6 heteroatoms. The van der Waals surface area contributed by atoms with Gasteiger partial charge in [-0.3, -0.25) is 9.18 Å². The quantitative estimate of drug-likeness (QED) is 0.388. The number of aliphatic hydroxyl groups excluding tert-OH is 2. The molecule has 2 aromatic rings. The second kappa shape index (κ2) is 10.8. The summed E-state index contributed by atoms with van der Waals surface area (Å²) in [6.45, 7) is 2.82.